The number of hydrogen-bond donors (Lipinski definition) is 0. The molecule has 1 aliphatic heterocycles. The van der Waals surface area contributed by atoms with Crippen LogP contribution >= 0.6 is 0 Å². The van der Waals surface area contributed by atoms with Gasteiger partial charge in [0.15, 0.2) is 0 Å². The Kier molecular flexibility index (Phi) is 5.78. The fourth-order valence-electron chi connectivity index (χ4n) is 4.29. The summed E-state index contributed by atoms with van der Waals surface area (Å²) >= 11 is 0. The summed E-state index contributed by atoms with van der Waals surface area (Å²) in [6.07, 6.45) is -1.45. The zero-order valence-corrected chi connectivity index (χ0v) is 19.7. The lowest BCUT2D eigenvalue weighted by Crippen LogP contribution is -2.39. The van der Waals surface area contributed by atoms with Gasteiger partial charge in [0.2, 0.25) is 0 Å². The first-order valence-electron chi connectivity index (χ1n) is 11.1. The molecule has 0 amide bonds. The van der Waals surface area contributed by atoms with Gasteiger partial charge in [-0.15, -0.1) is 0 Å². The van der Waals surface area contributed by atoms with Crippen LogP contribution in [0.1, 0.15) is 23.1 Å². The highest BCUT2D eigenvalue weighted by Gasteiger charge is 2.32. The van der Waals surface area contributed by atoms with Gasteiger partial charge in [0, 0.05) is 50.6 Å². The maximum absolute atomic E-state index is 15.1. The minimum absolute atomic E-state index is 0.0302. The van der Waals surface area contributed by atoms with E-state index in [2.05, 4.69) is 15.1 Å². The van der Waals surface area contributed by atoms with E-state index in [1.165, 1.54) is 11.6 Å². The molecule has 1 aromatic carbocycles. The summed E-state index contributed by atoms with van der Waals surface area (Å²) in [5, 5.41) is 4.21. The van der Waals surface area contributed by atoms with Gasteiger partial charge < -0.3 is 9.64 Å². The van der Waals surface area contributed by atoms with E-state index in [0.717, 1.165) is 17.7 Å². The minimum Gasteiger partial charge on any atom is -0.370 e. The van der Waals surface area contributed by atoms with Crippen molar-refractivity contribution in [3.05, 3.63) is 69.8 Å². The molecule has 0 aliphatic carbocycles. The lowest BCUT2D eigenvalue weighted by atomic mass is 10.0. The SMILES string of the molecule is Cc1nc2cc(N3CCO[C@@H](c4cnn(C)c4)C3)nc(-c3ccc(C(F)(F)F)cc3F)c2c(=O)n1C. The molecule has 0 radical (unpaired) electrons. The molecule has 8 nitrogen and oxygen atoms in total. The molecule has 1 aliphatic rings. The number of morpholine rings is 1. The van der Waals surface area contributed by atoms with E-state index in [1.54, 1.807) is 30.9 Å². The van der Waals surface area contributed by atoms with E-state index >= 15 is 4.39 Å². The van der Waals surface area contributed by atoms with Crippen LogP contribution in [-0.2, 0) is 25.0 Å². The summed E-state index contributed by atoms with van der Waals surface area (Å²) in [4.78, 5) is 24.1. The minimum atomic E-state index is -4.71. The van der Waals surface area contributed by atoms with E-state index in [-0.39, 0.29) is 28.3 Å². The number of ether oxygens (including phenoxy) is 1. The Morgan fingerprint density at radius 3 is 2.58 bits per heavy atom. The molecule has 4 heterocycles. The number of alkyl halides is 3. The second-order valence-corrected chi connectivity index (χ2v) is 8.69. The predicted molar refractivity (Wildman–Crippen MR) is 124 cm³/mol. The number of anilines is 1. The van der Waals surface area contributed by atoms with Gasteiger partial charge in [0.25, 0.3) is 5.56 Å². The van der Waals surface area contributed by atoms with Crippen LogP contribution in [0.3, 0.4) is 0 Å². The third-order valence-corrected chi connectivity index (χ3v) is 6.31. The number of fused-ring (bicyclic) bond motifs is 1. The summed E-state index contributed by atoms with van der Waals surface area (Å²) in [7, 11) is 3.32. The van der Waals surface area contributed by atoms with Crippen molar-refractivity contribution in [3.8, 4) is 11.3 Å². The van der Waals surface area contributed by atoms with Crippen LogP contribution in [0.4, 0.5) is 23.4 Å². The predicted octanol–water partition coefficient (Wildman–Crippen LogP) is 3.77. The molecular formula is C24H22F4N6O2. The number of pyridine rings is 1. The zero-order chi connectivity index (χ0) is 25.8. The number of halogens is 4. The molecule has 5 rings (SSSR count). The maximum atomic E-state index is 15.1. The summed E-state index contributed by atoms with van der Waals surface area (Å²) in [5.74, 6) is -0.290. The Balaban J connectivity index is 1.67. The number of aromatic nitrogens is 5. The van der Waals surface area contributed by atoms with Crippen molar-refractivity contribution >= 4 is 16.7 Å². The quantitative estimate of drug-likeness (QED) is 0.397. The van der Waals surface area contributed by atoms with Crippen LogP contribution in [0.15, 0.2) is 41.5 Å². The van der Waals surface area contributed by atoms with Crippen LogP contribution in [0.25, 0.3) is 22.2 Å². The average molecular weight is 502 g/mol. The standard InChI is InChI=1S/C24H22F4N6O2/c1-13-30-18-9-20(34-6-7-36-19(12-34)14-10-29-32(2)11-14)31-22(21(18)23(35)33(13)3)16-5-4-15(8-17(16)25)24(26,27)28/h4-5,8-11,19H,6-7,12H2,1-3H3/t19-/m1/s1. The maximum Gasteiger partial charge on any atom is 0.416 e. The normalized spacial score (nSPS) is 16.6. The molecule has 1 saturated heterocycles. The Morgan fingerprint density at radius 1 is 1.14 bits per heavy atom. The Labute approximate surface area is 202 Å². The van der Waals surface area contributed by atoms with Gasteiger partial charge in [-0.3, -0.25) is 14.0 Å². The van der Waals surface area contributed by atoms with Crippen molar-refractivity contribution in [2.24, 2.45) is 14.1 Å². The third kappa shape index (κ3) is 4.21. The molecule has 0 bridgehead atoms. The van der Waals surface area contributed by atoms with Gasteiger partial charge in [-0.05, 0) is 25.1 Å². The molecule has 0 saturated carbocycles. The molecule has 0 spiro atoms. The molecule has 36 heavy (non-hydrogen) atoms. The molecule has 0 unspecified atom stereocenters. The Bertz CT molecular complexity index is 1530. The highest BCUT2D eigenvalue weighted by atomic mass is 19.4. The van der Waals surface area contributed by atoms with Crippen molar-refractivity contribution in [1.82, 2.24) is 24.3 Å². The van der Waals surface area contributed by atoms with Gasteiger partial charge >= 0.3 is 6.18 Å². The van der Waals surface area contributed by atoms with E-state index in [1.807, 2.05) is 11.1 Å². The number of nitrogens with zero attached hydrogens (tertiary/aromatic N) is 6. The highest BCUT2D eigenvalue weighted by molar-refractivity contribution is 5.93. The molecule has 1 fully saturated rings. The van der Waals surface area contributed by atoms with Crippen LogP contribution in [0.2, 0.25) is 0 Å². The topological polar surface area (TPSA) is 78.1 Å². The Morgan fingerprint density at radius 2 is 1.92 bits per heavy atom. The first-order valence-corrected chi connectivity index (χ1v) is 11.1. The second-order valence-electron chi connectivity index (χ2n) is 8.69. The second kappa shape index (κ2) is 8.70. The number of aryl methyl sites for hydroxylation is 2. The smallest absolute Gasteiger partial charge is 0.370 e. The summed E-state index contributed by atoms with van der Waals surface area (Å²) < 4.78 is 63.3. The molecule has 1 atom stereocenters. The summed E-state index contributed by atoms with van der Waals surface area (Å²) in [6.45, 7) is 2.91. The van der Waals surface area contributed by atoms with Gasteiger partial charge in [-0.1, -0.05) is 0 Å². The number of benzene rings is 1. The lowest BCUT2D eigenvalue weighted by molar-refractivity contribution is -0.137. The molecular weight excluding hydrogens is 480 g/mol. The van der Waals surface area contributed by atoms with Crippen molar-refractivity contribution in [1.29, 1.82) is 0 Å². The number of hydrogen-bond acceptors (Lipinski definition) is 6. The Hall–Kier alpha value is -3.80. The fourth-order valence-corrected chi connectivity index (χ4v) is 4.29. The van der Waals surface area contributed by atoms with E-state index < -0.39 is 23.1 Å². The van der Waals surface area contributed by atoms with Crippen molar-refractivity contribution in [2.45, 2.75) is 19.2 Å². The van der Waals surface area contributed by atoms with E-state index in [0.29, 0.717) is 37.4 Å². The van der Waals surface area contributed by atoms with Crippen LogP contribution in [0, 0.1) is 12.7 Å². The summed E-state index contributed by atoms with van der Waals surface area (Å²) in [5.41, 5.74) is -0.722. The highest BCUT2D eigenvalue weighted by Crippen LogP contribution is 2.35. The molecule has 12 heteroatoms. The largest absolute Gasteiger partial charge is 0.416 e. The lowest BCUT2D eigenvalue weighted by Gasteiger charge is -2.33. The number of rotatable bonds is 3. The first kappa shape index (κ1) is 23.9. The van der Waals surface area contributed by atoms with E-state index in [9.17, 15) is 18.0 Å². The monoisotopic (exact) mass is 502 g/mol. The van der Waals surface area contributed by atoms with Gasteiger partial charge in [-0.2, -0.15) is 18.3 Å². The molecule has 4 aromatic rings. The first-order chi connectivity index (χ1) is 17.0. The van der Waals surface area contributed by atoms with E-state index in [4.69, 9.17) is 4.74 Å². The van der Waals surface area contributed by atoms with Crippen molar-refractivity contribution in [3.63, 3.8) is 0 Å². The van der Waals surface area contributed by atoms with Gasteiger partial charge in [0.1, 0.15) is 23.6 Å². The van der Waals surface area contributed by atoms with Crippen LogP contribution < -0.4 is 10.5 Å². The zero-order valence-electron chi connectivity index (χ0n) is 19.7. The van der Waals surface area contributed by atoms with Crippen molar-refractivity contribution < 1.29 is 22.3 Å². The molecule has 0 N–H and O–H groups in total. The van der Waals surface area contributed by atoms with Crippen LogP contribution in [-0.4, -0.2) is 44.0 Å². The van der Waals surface area contributed by atoms with Crippen molar-refractivity contribution in [2.75, 3.05) is 24.6 Å². The molecule has 188 valence electrons. The fraction of sp³-hybridized carbons (Fsp3) is 0.333. The molecule has 3 aromatic heterocycles. The van der Waals surface area contributed by atoms with Gasteiger partial charge in [0.05, 0.1) is 35.0 Å². The third-order valence-electron chi connectivity index (χ3n) is 6.31. The average Bonchev–Trinajstić information content (AvgIpc) is 3.27. The van der Waals surface area contributed by atoms with Crippen LogP contribution in [0.5, 0.6) is 0 Å². The summed E-state index contributed by atoms with van der Waals surface area (Å²) in [6, 6.07) is 3.83. The van der Waals surface area contributed by atoms with Gasteiger partial charge in [-0.25, -0.2) is 14.4 Å².